The fourth-order valence-corrected chi connectivity index (χ4v) is 4.93. The van der Waals surface area contributed by atoms with Crippen LogP contribution in [-0.4, -0.2) is 37.0 Å². The molecule has 0 radical (unpaired) electrons. The van der Waals surface area contributed by atoms with Gasteiger partial charge in [0, 0.05) is 37.8 Å². The van der Waals surface area contributed by atoms with Crippen LogP contribution in [0.15, 0.2) is 78.9 Å². The number of rotatable bonds is 8. The molecule has 5 nitrogen and oxygen atoms in total. The fourth-order valence-electron chi connectivity index (χ4n) is 4.93. The third kappa shape index (κ3) is 5.42. The van der Waals surface area contributed by atoms with Gasteiger partial charge in [0.15, 0.2) is 0 Å². The van der Waals surface area contributed by atoms with Gasteiger partial charge in [0.05, 0.1) is 17.4 Å². The van der Waals surface area contributed by atoms with Crippen LogP contribution in [0.4, 0.5) is 17.1 Å². The van der Waals surface area contributed by atoms with Gasteiger partial charge in [-0.15, -0.1) is 0 Å². The minimum absolute atomic E-state index is 0.0381. The Morgan fingerprint density at radius 3 is 1.91 bits per heavy atom. The highest BCUT2D eigenvalue weighted by Gasteiger charge is 2.27. The molecule has 0 saturated carbocycles. The number of nitrogens with zero attached hydrogens (tertiary/aromatic N) is 2. The molecule has 0 unspecified atom stereocenters. The summed E-state index contributed by atoms with van der Waals surface area (Å²) in [6.45, 7) is 7.79. The van der Waals surface area contributed by atoms with E-state index in [9.17, 15) is 4.79 Å². The number of piperazine rings is 1. The monoisotopic (exact) mass is 456 g/mol. The summed E-state index contributed by atoms with van der Waals surface area (Å²) in [6.07, 6.45) is 1.68. The molecule has 1 aliphatic heterocycles. The Bertz CT molecular complexity index is 1020. The van der Waals surface area contributed by atoms with Crippen LogP contribution in [-0.2, 0) is 4.79 Å². The van der Waals surface area contributed by atoms with E-state index in [4.69, 9.17) is 5.73 Å². The number of hydrogen-bond donors (Lipinski definition) is 2. The van der Waals surface area contributed by atoms with Crippen molar-refractivity contribution in [3.63, 3.8) is 0 Å². The fraction of sp³-hybridized carbons (Fsp3) is 0.345. The molecule has 1 aliphatic rings. The minimum Gasteiger partial charge on any atom is -0.397 e. The van der Waals surface area contributed by atoms with Crippen LogP contribution in [0.1, 0.15) is 43.9 Å². The lowest BCUT2D eigenvalue weighted by atomic mass is 9.96. The van der Waals surface area contributed by atoms with Gasteiger partial charge in [0.2, 0.25) is 5.91 Å². The summed E-state index contributed by atoms with van der Waals surface area (Å²) in [6, 6.07) is 27.6. The van der Waals surface area contributed by atoms with Crippen molar-refractivity contribution < 1.29 is 4.79 Å². The van der Waals surface area contributed by atoms with Crippen molar-refractivity contribution in [1.82, 2.24) is 4.90 Å². The number of nitrogens with two attached hydrogens (primary N) is 1. The lowest BCUT2D eigenvalue weighted by Crippen LogP contribution is -2.48. The first-order valence-electron chi connectivity index (χ1n) is 12.4. The van der Waals surface area contributed by atoms with Crippen LogP contribution in [0.5, 0.6) is 0 Å². The lowest BCUT2D eigenvalue weighted by Gasteiger charge is -2.41. The van der Waals surface area contributed by atoms with Crippen molar-refractivity contribution in [2.45, 2.75) is 32.7 Å². The summed E-state index contributed by atoms with van der Waals surface area (Å²) in [5.41, 5.74) is 11.6. The second kappa shape index (κ2) is 11.2. The van der Waals surface area contributed by atoms with E-state index in [-0.39, 0.29) is 17.9 Å². The van der Waals surface area contributed by atoms with Crippen LogP contribution >= 0.6 is 0 Å². The van der Waals surface area contributed by atoms with Crippen molar-refractivity contribution in [3.05, 3.63) is 90.0 Å². The molecule has 0 aromatic heterocycles. The van der Waals surface area contributed by atoms with Gasteiger partial charge < -0.3 is 16.0 Å². The molecule has 1 saturated heterocycles. The van der Waals surface area contributed by atoms with E-state index in [2.05, 4.69) is 75.8 Å². The molecule has 3 N–H and O–H groups in total. The van der Waals surface area contributed by atoms with E-state index >= 15 is 0 Å². The first kappa shape index (κ1) is 23.8. The Kier molecular flexibility index (Phi) is 7.86. The van der Waals surface area contributed by atoms with Crippen LogP contribution in [0.2, 0.25) is 0 Å². The van der Waals surface area contributed by atoms with E-state index in [1.165, 1.54) is 11.1 Å². The summed E-state index contributed by atoms with van der Waals surface area (Å²) in [7, 11) is 0. The number of anilines is 3. The van der Waals surface area contributed by atoms with Crippen molar-refractivity contribution in [2.75, 3.05) is 42.1 Å². The second-order valence-corrected chi connectivity index (χ2v) is 9.02. The molecule has 34 heavy (non-hydrogen) atoms. The molecule has 0 aliphatic carbocycles. The Labute approximate surface area is 203 Å². The Hall–Kier alpha value is -3.31. The van der Waals surface area contributed by atoms with E-state index in [0.29, 0.717) is 5.69 Å². The van der Waals surface area contributed by atoms with Gasteiger partial charge in [-0.1, -0.05) is 74.5 Å². The summed E-state index contributed by atoms with van der Waals surface area (Å²) in [5.74, 6) is 0.106. The summed E-state index contributed by atoms with van der Waals surface area (Å²) in [5, 5.41) is 3.03. The maximum Gasteiger partial charge on any atom is 0.227 e. The Morgan fingerprint density at radius 1 is 0.853 bits per heavy atom. The topological polar surface area (TPSA) is 61.6 Å². The van der Waals surface area contributed by atoms with Crippen molar-refractivity contribution >= 4 is 23.0 Å². The highest BCUT2D eigenvalue weighted by atomic mass is 16.1. The number of benzene rings is 3. The summed E-state index contributed by atoms with van der Waals surface area (Å²) < 4.78 is 0. The molecule has 1 fully saturated rings. The molecule has 3 aromatic rings. The maximum atomic E-state index is 12.4. The SMILES string of the molecule is CCC(CC)C(=O)Nc1ccc(N2CCN(C(c3ccccc3)c3ccccc3)CC2)c(N)c1. The number of hydrogen-bond acceptors (Lipinski definition) is 4. The van der Waals surface area contributed by atoms with Gasteiger partial charge in [0.1, 0.15) is 0 Å². The van der Waals surface area contributed by atoms with Crippen LogP contribution in [0.25, 0.3) is 0 Å². The van der Waals surface area contributed by atoms with E-state index < -0.39 is 0 Å². The second-order valence-electron chi connectivity index (χ2n) is 9.02. The van der Waals surface area contributed by atoms with Gasteiger partial charge >= 0.3 is 0 Å². The average Bonchev–Trinajstić information content (AvgIpc) is 2.87. The molecule has 1 amide bonds. The van der Waals surface area contributed by atoms with E-state index in [0.717, 1.165) is 50.4 Å². The van der Waals surface area contributed by atoms with Crippen molar-refractivity contribution in [2.24, 2.45) is 5.92 Å². The van der Waals surface area contributed by atoms with Gasteiger partial charge in [-0.3, -0.25) is 9.69 Å². The van der Waals surface area contributed by atoms with E-state index in [1.807, 2.05) is 32.0 Å². The molecule has 3 aromatic carbocycles. The lowest BCUT2D eigenvalue weighted by molar-refractivity contribution is -0.120. The zero-order chi connectivity index (χ0) is 23.9. The number of carbonyl (C=O) groups excluding carboxylic acids is 1. The number of nitrogen functional groups attached to an aromatic ring is 1. The number of carbonyl (C=O) groups is 1. The first-order valence-corrected chi connectivity index (χ1v) is 12.4. The molecule has 178 valence electrons. The molecule has 0 bridgehead atoms. The number of amides is 1. The van der Waals surface area contributed by atoms with Gasteiger partial charge in [-0.05, 0) is 42.2 Å². The Morgan fingerprint density at radius 2 is 1.41 bits per heavy atom. The third-order valence-electron chi connectivity index (χ3n) is 6.90. The van der Waals surface area contributed by atoms with Gasteiger partial charge in [0.25, 0.3) is 0 Å². The third-order valence-corrected chi connectivity index (χ3v) is 6.90. The average molecular weight is 457 g/mol. The van der Waals surface area contributed by atoms with E-state index in [1.54, 1.807) is 0 Å². The Balaban J connectivity index is 1.45. The quantitative estimate of drug-likeness (QED) is 0.436. The largest absolute Gasteiger partial charge is 0.397 e. The summed E-state index contributed by atoms with van der Waals surface area (Å²) >= 11 is 0. The smallest absolute Gasteiger partial charge is 0.227 e. The molecular weight excluding hydrogens is 420 g/mol. The van der Waals surface area contributed by atoms with Gasteiger partial charge in [-0.2, -0.15) is 0 Å². The first-order chi connectivity index (χ1) is 16.6. The zero-order valence-corrected chi connectivity index (χ0v) is 20.3. The van der Waals surface area contributed by atoms with Crippen LogP contribution in [0.3, 0.4) is 0 Å². The maximum absolute atomic E-state index is 12.4. The predicted molar refractivity (Wildman–Crippen MR) is 142 cm³/mol. The van der Waals surface area contributed by atoms with Crippen LogP contribution in [0, 0.1) is 5.92 Å². The normalized spacial score (nSPS) is 14.5. The van der Waals surface area contributed by atoms with Crippen molar-refractivity contribution in [3.8, 4) is 0 Å². The molecule has 1 heterocycles. The van der Waals surface area contributed by atoms with Gasteiger partial charge in [-0.25, -0.2) is 0 Å². The van der Waals surface area contributed by atoms with Crippen molar-refractivity contribution in [1.29, 1.82) is 0 Å². The molecule has 4 rings (SSSR count). The molecule has 0 spiro atoms. The standard InChI is InChI=1S/C29H36N4O/c1-3-22(4-2)29(34)31-25-15-16-27(26(30)21-25)32-17-19-33(20-18-32)28(23-11-7-5-8-12-23)24-13-9-6-10-14-24/h5-16,21-22,28H,3-4,17-20,30H2,1-2H3,(H,31,34). The minimum atomic E-state index is 0.0381. The van der Waals surface area contributed by atoms with Crippen LogP contribution < -0.4 is 16.0 Å². The molecule has 0 atom stereocenters. The molecular formula is C29H36N4O. The highest BCUT2D eigenvalue weighted by molar-refractivity contribution is 5.93. The number of nitrogens with one attached hydrogen (secondary N) is 1. The predicted octanol–water partition coefficient (Wildman–Crippen LogP) is 5.56. The molecule has 5 heteroatoms. The summed E-state index contributed by atoms with van der Waals surface area (Å²) in [4.78, 5) is 17.3. The zero-order valence-electron chi connectivity index (χ0n) is 20.3. The highest BCUT2D eigenvalue weighted by Crippen LogP contribution is 2.32.